The van der Waals surface area contributed by atoms with E-state index in [0.717, 1.165) is 30.6 Å². The molecule has 0 saturated carbocycles. The molecule has 2 fully saturated rings. The SMILES string of the molecule is Cc1ccc2nc(NCC3CCCO3)c(/C=C3/SC(=S)N(Cc4ccccc4)C3=O)c(=O)n2c1. The highest BCUT2D eigenvalue weighted by Gasteiger charge is 2.32. The van der Waals surface area contributed by atoms with E-state index in [1.807, 2.05) is 49.4 Å². The minimum Gasteiger partial charge on any atom is -0.376 e. The minimum absolute atomic E-state index is 0.0789. The zero-order chi connectivity index (χ0) is 23.7. The highest BCUT2D eigenvalue weighted by molar-refractivity contribution is 8.26. The van der Waals surface area contributed by atoms with E-state index in [1.54, 1.807) is 17.2 Å². The van der Waals surface area contributed by atoms with Gasteiger partial charge in [0.05, 0.1) is 23.1 Å². The summed E-state index contributed by atoms with van der Waals surface area (Å²) in [6.07, 6.45) is 5.44. The number of anilines is 1. The average Bonchev–Trinajstić information content (AvgIpc) is 3.45. The molecule has 1 unspecified atom stereocenters. The van der Waals surface area contributed by atoms with E-state index in [-0.39, 0.29) is 17.6 Å². The third kappa shape index (κ3) is 4.64. The van der Waals surface area contributed by atoms with E-state index < -0.39 is 0 Å². The van der Waals surface area contributed by atoms with Crippen molar-refractivity contribution < 1.29 is 9.53 Å². The van der Waals surface area contributed by atoms with Gasteiger partial charge in [-0.1, -0.05) is 60.4 Å². The third-order valence-electron chi connectivity index (χ3n) is 5.86. The van der Waals surface area contributed by atoms with Gasteiger partial charge < -0.3 is 10.1 Å². The Hall–Kier alpha value is -3.01. The number of thioether (sulfide) groups is 1. The molecule has 0 radical (unpaired) electrons. The Bertz CT molecular complexity index is 1350. The van der Waals surface area contributed by atoms with Gasteiger partial charge in [-0.3, -0.25) is 18.9 Å². The van der Waals surface area contributed by atoms with E-state index in [4.69, 9.17) is 21.9 Å². The number of carbonyl (C=O) groups is 1. The molecule has 1 aromatic carbocycles. The van der Waals surface area contributed by atoms with E-state index in [1.165, 1.54) is 16.2 Å². The number of fused-ring (bicyclic) bond motifs is 1. The van der Waals surface area contributed by atoms with Crippen LogP contribution in [-0.4, -0.2) is 43.8 Å². The Morgan fingerprint density at radius 1 is 1.24 bits per heavy atom. The van der Waals surface area contributed by atoms with Crippen LogP contribution >= 0.6 is 24.0 Å². The Balaban J connectivity index is 1.51. The van der Waals surface area contributed by atoms with E-state index in [2.05, 4.69) is 5.32 Å². The number of aryl methyl sites for hydroxylation is 1. The van der Waals surface area contributed by atoms with Crippen molar-refractivity contribution in [1.82, 2.24) is 14.3 Å². The van der Waals surface area contributed by atoms with Crippen molar-refractivity contribution in [3.63, 3.8) is 0 Å². The van der Waals surface area contributed by atoms with Gasteiger partial charge in [0.15, 0.2) is 0 Å². The molecule has 5 rings (SSSR count). The second-order valence-corrected chi connectivity index (χ2v) is 10.1. The molecule has 2 saturated heterocycles. The second kappa shape index (κ2) is 9.69. The van der Waals surface area contributed by atoms with Crippen LogP contribution in [0.4, 0.5) is 5.82 Å². The van der Waals surface area contributed by atoms with Gasteiger partial charge in [-0.2, -0.15) is 0 Å². The highest BCUT2D eigenvalue weighted by atomic mass is 32.2. The van der Waals surface area contributed by atoms with Crippen molar-refractivity contribution in [2.75, 3.05) is 18.5 Å². The summed E-state index contributed by atoms with van der Waals surface area (Å²) in [5, 5.41) is 3.29. The van der Waals surface area contributed by atoms with Crippen LogP contribution in [0.15, 0.2) is 58.4 Å². The van der Waals surface area contributed by atoms with Crippen molar-refractivity contribution in [1.29, 1.82) is 0 Å². The first-order chi connectivity index (χ1) is 16.5. The zero-order valence-electron chi connectivity index (χ0n) is 18.7. The Morgan fingerprint density at radius 3 is 2.82 bits per heavy atom. The number of amides is 1. The number of benzene rings is 1. The first-order valence-electron chi connectivity index (χ1n) is 11.2. The number of ether oxygens (including phenoxy) is 1. The van der Waals surface area contributed by atoms with Gasteiger partial charge in [0.2, 0.25) is 0 Å². The van der Waals surface area contributed by atoms with Gasteiger partial charge in [-0.05, 0) is 43.0 Å². The monoisotopic (exact) mass is 492 g/mol. The predicted molar refractivity (Wildman–Crippen MR) is 139 cm³/mol. The Kier molecular flexibility index (Phi) is 6.49. The third-order valence-corrected chi connectivity index (χ3v) is 7.24. The number of carbonyl (C=O) groups excluding carboxylic acids is 1. The maximum atomic E-state index is 13.5. The first kappa shape index (κ1) is 22.8. The molecule has 2 aliphatic rings. The standard InChI is InChI=1S/C25H24N4O3S2/c1-16-9-10-21-27-22(26-13-18-8-5-11-32-18)19(23(30)28(21)14-16)12-20-24(31)29(25(33)34-20)15-17-6-3-2-4-7-17/h2-4,6-7,9-10,12,14,18,26H,5,8,11,13,15H2,1H3/b20-12+. The average molecular weight is 493 g/mol. The summed E-state index contributed by atoms with van der Waals surface area (Å²) in [5.74, 6) is 0.232. The summed E-state index contributed by atoms with van der Waals surface area (Å²) in [7, 11) is 0. The van der Waals surface area contributed by atoms with Crippen molar-refractivity contribution in [3.8, 4) is 0 Å². The van der Waals surface area contributed by atoms with E-state index in [0.29, 0.717) is 39.3 Å². The molecule has 1 atom stereocenters. The lowest BCUT2D eigenvalue weighted by molar-refractivity contribution is -0.122. The molecule has 7 nitrogen and oxygen atoms in total. The molecular weight excluding hydrogens is 468 g/mol. The van der Waals surface area contributed by atoms with Gasteiger partial charge in [-0.25, -0.2) is 4.98 Å². The molecular formula is C25H24N4O3S2. The number of rotatable bonds is 6. The zero-order valence-corrected chi connectivity index (χ0v) is 20.3. The molecule has 2 aromatic heterocycles. The lowest BCUT2D eigenvalue weighted by Gasteiger charge is -2.15. The van der Waals surface area contributed by atoms with Gasteiger partial charge in [-0.15, -0.1) is 0 Å². The van der Waals surface area contributed by atoms with Crippen LogP contribution in [0.2, 0.25) is 0 Å². The number of thiocarbonyl (C=S) groups is 1. The largest absolute Gasteiger partial charge is 0.376 e. The summed E-state index contributed by atoms with van der Waals surface area (Å²) in [5.41, 5.74) is 2.57. The molecule has 9 heteroatoms. The van der Waals surface area contributed by atoms with Gasteiger partial charge in [0, 0.05) is 19.3 Å². The molecule has 0 aliphatic carbocycles. The first-order valence-corrected chi connectivity index (χ1v) is 12.4. The van der Waals surface area contributed by atoms with Crippen LogP contribution in [0.25, 0.3) is 11.7 Å². The molecule has 0 spiro atoms. The fraction of sp³-hybridized carbons (Fsp3) is 0.280. The van der Waals surface area contributed by atoms with Crippen molar-refractivity contribution in [2.45, 2.75) is 32.4 Å². The van der Waals surface area contributed by atoms with Gasteiger partial charge >= 0.3 is 0 Å². The molecule has 1 amide bonds. The molecule has 2 aliphatic heterocycles. The lowest BCUT2D eigenvalue weighted by atomic mass is 10.2. The summed E-state index contributed by atoms with van der Waals surface area (Å²) in [6, 6.07) is 13.4. The number of aromatic nitrogens is 2. The van der Waals surface area contributed by atoms with Crippen LogP contribution in [0, 0.1) is 6.92 Å². The van der Waals surface area contributed by atoms with Gasteiger partial charge in [0.25, 0.3) is 11.5 Å². The van der Waals surface area contributed by atoms with Crippen LogP contribution in [0.5, 0.6) is 0 Å². The summed E-state index contributed by atoms with van der Waals surface area (Å²) in [6.45, 7) is 3.60. The molecule has 1 N–H and O–H groups in total. The van der Waals surface area contributed by atoms with E-state index in [9.17, 15) is 9.59 Å². The van der Waals surface area contributed by atoms with Crippen molar-refractivity contribution in [3.05, 3.63) is 80.6 Å². The van der Waals surface area contributed by atoms with Crippen molar-refractivity contribution >= 4 is 51.7 Å². The molecule has 3 aromatic rings. The van der Waals surface area contributed by atoms with E-state index >= 15 is 0 Å². The second-order valence-electron chi connectivity index (χ2n) is 8.38. The maximum Gasteiger partial charge on any atom is 0.267 e. The lowest BCUT2D eigenvalue weighted by Crippen LogP contribution is -2.27. The van der Waals surface area contributed by atoms with Crippen LogP contribution in [0.1, 0.15) is 29.5 Å². The van der Waals surface area contributed by atoms with Crippen LogP contribution in [-0.2, 0) is 16.1 Å². The summed E-state index contributed by atoms with van der Waals surface area (Å²) in [4.78, 5) is 33.4. The van der Waals surface area contributed by atoms with Crippen molar-refractivity contribution in [2.24, 2.45) is 0 Å². The highest BCUT2D eigenvalue weighted by Crippen LogP contribution is 2.34. The smallest absolute Gasteiger partial charge is 0.267 e. The molecule has 4 heterocycles. The number of hydrogen-bond donors (Lipinski definition) is 1. The summed E-state index contributed by atoms with van der Waals surface area (Å²) >= 11 is 6.70. The minimum atomic E-state index is -0.239. The van der Waals surface area contributed by atoms with Crippen LogP contribution in [0.3, 0.4) is 0 Å². The molecule has 174 valence electrons. The number of nitrogens with one attached hydrogen (secondary N) is 1. The Morgan fingerprint density at radius 2 is 2.06 bits per heavy atom. The fourth-order valence-corrected chi connectivity index (χ4v) is 5.31. The topological polar surface area (TPSA) is 75.9 Å². The number of hydrogen-bond acceptors (Lipinski definition) is 7. The summed E-state index contributed by atoms with van der Waals surface area (Å²) < 4.78 is 7.70. The number of pyridine rings is 1. The molecule has 0 bridgehead atoms. The maximum absolute atomic E-state index is 13.5. The van der Waals surface area contributed by atoms with Crippen LogP contribution < -0.4 is 10.9 Å². The van der Waals surface area contributed by atoms with Gasteiger partial charge in [0.1, 0.15) is 15.8 Å². The predicted octanol–water partition coefficient (Wildman–Crippen LogP) is 4.00. The molecule has 34 heavy (non-hydrogen) atoms. The normalized spacial score (nSPS) is 19.5. The fourth-order valence-electron chi connectivity index (χ4n) is 4.07. The quantitative estimate of drug-likeness (QED) is 0.412. The number of nitrogens with zero attached hydrogens (tertiary/aromatic N) is 3. The Labute approximate surface area is 206 Å².